The van der Waals surface area contributed by atoms with E-state index in [2.05, 4.69) is 10.4 Å². The second-order valence-electron chi connectivity index (χ2n) is 6.55. The molecule has 3 rings (SSSR count). The van der Waals surface area contributed by atoms with Gasteiger partial charge in [0.25, 0.3) is 5.91 Å². The van der Waals surface area contributed by atoms with Crippen LogP contribution in [0, 0.1) is 12.7 Å². The van der Waals surface area contributed by atoms with Gasteiger partial charge in [0.15, 0.2) is 0 Å². The minimum Gasteiger partial charge on any atom is -0.438 e. The number of hydrogen-bond donors (Lipinski definition) is 2. The summed E-state index contributed by atoms with van der Waals surface area (Å²) in [5.41, 5.74) is 6.92. The molecule has 28 heavy (non-hydrogen) atoms. The Bertz CT molecular complexity index is 920. The molecule has 7 nitrogen and oxygen atoms in total. The molecule has 148 valence electrons. The summed E-state index contributed by atoms with van der Waals surface area (Å²) in [5, 5.41) is 6.88. The van der Waals surface area contributed by atoms with Crippen molar-refractivity contribution in [3.63, 3.8) is 0 Å². The number of nitrogens with two attached hydrogens (primary N) is 1. The second kappa shape index (κ2) is 8.12. The fraction of sp³-hybridized carbons (Fsp3) is 0.316. The van der Waals surface area contributed by atoms with Crippen molar-refractivity contribution >= 4 is 29.1 Å². The van der Waals surface area contributed by atoms with Crippen molar-refractivity contribution in [2.24, 2.45) is 12.8 Å². The van der Waals surface area contributed by atoms with Gasteiger partial charge in [0, 0.05) is 19.6 Å². The van der Waals surface area contributed by atoms with Gasteiger partial charge in [-0.25, -0.2) is 9.18 Å². The van der Waals surface area contributed by atoms with E-state index in [1.54, 1.807) is 32.3 Å². The first-order valence-electron chi connectivity index (χ1n) is 8.65. The third kappa shape index (κ3) is 3.93. The van der Waals surface area contributed by atoms with Gasteiger partial charge in [0.1, 0.15) is 11.4 Å². The van der Waals surface area contributed by atoms with Gasteiger partial charge in [-0.1, -0.05) is 23.7 Å². The topological polar surface area (TPSA) is 99.2 Å². The highest BCUT2D eigenvalue weighted by atomic mass is 35.5. The van der Waals surface area contributed by atoms with E-state index in [1.165, 1.54) is 16.8 Å². The van der Waals surface area contributed by atoms with Gasteiger partial charge in [-0.05, 0) is 36.6 Å². The number of cyclic esters (lactones) is 1. The fourth-order valence-electron chi connectivity index (χ4n) is 3.17. The van der Waals surface area contributed by atoms with Gasteiger partial charge in [-0.3, -0.25) is 9.48 Å². The number of nitrogens with zero attached hydrogens (tertiary/aromatic N) is 2. The Kier molecular flexibility index (Phi) is 5.81. The van der Waals surface area contributed by atoms with Crippen molar-refractivity contribution in [1.82, 2.24) is 15.1 Å². The maximum atomic E-state index is 13.1. The maximum absolute atomic E-state index is 13.1. The summed E-state index contributed by atoms with van der Waals surface area (Å²) in [5.74, 6) is -1.77. The van der Waals surface area contributed by atoms with Gasteiger partial charge in [0.2, 0.25) is 5.56 Å². The van der Waals surface area contributed by atoms with Gasteiger partial charge in [-0.2, -0.15) is 5.10 Å². The Labute approximate surface area is 166 Å². The summed E-state index contributed by atoms with van der Waals surface area (Å²) in [4.78, 5) is 25.2. The lowest BCUT2D eigenvalue weighted by Gasteiger charge is -2.17. The zero-order chi connectivity index (χ0) is 20.4. The molecule has 0 aliphatic carbocycles. The van der Waals surface area contributed by atoms with Gasteiger partial charge >= 0.3 is 5.97 Å². The average Bonchev–Trinajstić information content (AvgIpc) is 3.13. The van der Waals surface area contributed by atoms with Gasteiger partial charge in [-0.15, -0.1) is 0 Å². The first-order chi connectivity index (χ1) is 13.3. The Hall–Kier alpha value is -2.71. The first-order valence-corrected chi connectivity index (χ1v) is 9.09. The molecule has 9 heteroatoms. The fourth-order valence-corrected chi connectivity index (χ4v) is 3.46. The number of benzene rings is 1. The molecule has 0 spiro atoms. The van der Waals surface area contributed by atoms with E-state index in [-0.39, 0.29) is 23.5 Å². The molecule has 1 aromatic heterocycles. The van der Waals surface area contributed by atoms with Crippen LogP contribution in [0.1, 0.15) is 16.8 Å². The number of aryl methyl sites for hydroxylation is 2. The maximum Gasteiger partial charge on any atom is 0.346 e. The van der Waals surface area contributed by atoms with Crippen LogP contribution in [0.15, 0.2) is 36.0 Å². The lowest BCUT2D eigenvalue weighted by Crippen LogP contribution is -2.43. The summed E-state index contributed by atoms with van der Waals surface area (Å²) < 4.78 is 19.7. The highest BCUT2D eigenvalue weighted by Crippen LogP contribution is 2.35. The monoisotopic (exact) mass is 406 g/mol. The Balaban J connectivity index is 1.87. The standard InChI is InChI=1S/C19H20ClFN4O3/c1-10-9-23-25(2)16(10)14-15(19(27)28-17(14)20)18(26)24-13(8-22)7-11-3-5-12(21)6-4-11/h3-6,9,13,17H,7-8,22H2,1-2H3,(H,24,26)/t13-,17?/m0/s1. The summed E-state index contributed by atoms with van der Waals surface area (Å²) in [7, 11) is 1.69. The molecule has 3 N–H and O–H groups in total. The van der Waals surface area contributed by atoms with E-state index >= 15 is 0 Å². The van der Waals surface area contributed by atoms with Crippen LogP contribution in [-0.2, 0) is 27.8 Å². The molecule has 0 saturated carbocycles. The Morgan fingerprint density at radius 3 is 2.68 bits per heavy atom. The summed E-state index contributed by atoms with van der Waals surface area (Å²) in [6, 6.07) is 5.45. The predicted molar refractivity (Wildman–Crippen MR) is 102 cm³/mol. The number of rotatable bonds is 6. The van der Waals surface area contributed by atoms with Gasteiger partial charge < -0.3 is 15.8 Å². The van der Waals surface area contributed by atoms with E-state index in [0.29, 0.717) is 12.1 Å². The highest BCUT2D eigenvalue weighted by molar-refractivity contribution is 6.34. The Morgan fingerprint density at radius 1 is 1.43 bits per heavy atom. The molecule has 2 heterocycles. The largest absolute Gasteiger partial charge is 0.438 e. The lowest BCUT2D eigenvalue weighted by atomic mass is 10.0. The van der Waals surface area contributed by atoms with Crippen molar-refractivity contribution in [2.75, 3.05) is 6.54 Å². The molecule has 0 fully saturated rings. The molecular formula is C19H20ClFN4O3. The second-order valence-corrected chi connectivity index (χ2v) is 6.94. The minimum atomic E-state index is -1.09. The quantitative estimate of drug-likeness (QED) is 0.429. The third-order valence-corrected chi connectivity index (χ3v) is 4.84. The number of ether oxygens (including phenoxy) is 1. The van der Waals surface area contributed by atoms with E-state index < -0.39 is 23.5 Å². The molecule has 1 aliphatic rings. The summed E-state index contributed by atoms with van der Waals surface area (Å²) >= 11 is 6.18. The minimum absolute atomic E-state index is 0.135. The number of carbonyl (C=O) groups excluding carboxylic acids is 2. The molecule has 1 aromatic carbocycles. The van der Waals surface area contributed by atoms with E-state index in [9.17, 15) is 14.0 Å². The van der Waals surface area contributed by atoms with Gasteiger partial charge in [0.05, 0.1) is 17.5 Å². The molecule has 0 radical (unpaired) electrons. The normalized spacial score (nSPS) is 17.6. The predicted octanol–water partition coefficient (Wildman–Crippen LogP) is 1.43. The number of halogens is 2. The Morgan fingerprint density at radius 2 is 2.11 bits per heavy atom. The van der Waals surface area contributed by atoms with Crippen LogP contribution in [0.25, 0.3) is 5.57 Å². The SMILES string of the molecule is Cc1cnn(C)c1C1=C(C(=O)N[C@H](CN)Cc2ccc(F)cc2)C(=O)OC1Cl. The molecule has 2 atom stereocenters. The number of aromatic nitrogens is 2. The van der Waals surface area contributed by atoms with Crippen molar-refractivity contribution in [3.8, 4) is 0 Å². The number of alkyl halides is 1. The lowest BCUT2D eigenvalue weighted by molar-refractivity contribution is -0.138. The van der Waals surface area contributed by atoms with Crippen molar-refractivity contribution in [1.29, 1.82) is 0 Å². The van der Waals surface area contributed by atoms with Crippen LogP contribution in [0.4, 0.5) is 4.39 Å². The number of nitrogens with one attached hydrogen (secondary N) is 1. The molecule has 1 amide bonds. The third-order valence-electron chi connectivity index (χ3n) is 4.53. The summed E-state index contributed by atoms with van der Waals surface area (Å²) in [6.07, 6.45) is 2.00. The van der Waals surface area contributed by atoms with E-state index in [4.69, 9.17) is 22.1 Å². The van der Waals surface area contributed by atoms with Crippen LogP contribution < -0.4 is 11.1 Å². The van der Waals surface area contributed by atoms with Crippen LogP contribution in [0.5, 0.6) is 0 Å². The molecule has 2 aromatic rings. The summed E-state index contributed by atoms with van der Waals surface area (Å²) in [6.45, 7) is 1.93. The zero-order valence-corrected chi connectivity index (χ0v) is 16.2. The van der Waals surface area contributed by atoms with Crippen LogP contribution >= 0.6 is 11.6 Å². The molecule has 1 aliphatic heterocycles. The van der Waals surface area contributed by atoms with Crippen LogP contribution in [0.3, 0.4) is 0 Å². The number of carbonyl (C=O) groups is 2. The molecular weight excluding hydrogens is 387 g/mol. The number of hydrogen-bond acceptors (Lipinski definition) is 5. The number of amides is 1. The van der Waals surface area contributed by atoms with Crippen molar-refractivity contribution in [3.05, 3.63) is 58.7 Å². The molecule has 1 unspecified atom stereocenters. The number of esters is 1. The molecule has 0 bridgehead atoms. The first kappa shape index (κ1) is 20.0. The van der Waals surface area contributed by atoms with Crippen molar-refractivity contribution < 1.29 is 18.7 Å². The van der Waals surface area contributed by atoms with E-state index in [0.717, 1.165) is 11.1 Å². The smallest absolute Gasteiger partial charge is 0.346 e. The average molecular weight is 407 g/mol. The van der Waals surface area contributed by atoms with Crippen LogP contribution in [0.2, 0.25) is 0 Å². The van der Waals surface area contributed by atoms with Crippen LogP contribution in [-0.4, -0.2) is 39.8 Å². The highest BCUT2D eigenvalue weighted by Gasteiger charge is 2.40. The zero-order valence-electron chi connectivity index (χ0n) is 15.4. The van der Waals surface area contributed by atoms with Crippen molar-refractivity contribution in [2.45, 2.75) is 24.9 Å². The molecule has 0 saturated heterocycles. The van der Waals surface area contributed by atoms with E-state index in [1.807, 2.05) is 0 Å².